The van der Waals surface area contributed by atoms with Crippen LogP contribution in [0.25, 0.3) is 0 Å². The minimum absolute atomic E-state index is 0.180. The third-order valence-corrected chi connectivity index (χ3v) is 8.85. The lowest BCUT2D eigenvalue weighted by Crippen LogP contribution is -2.54. The van der Waals surface area contributed by atoms with E-state index in [9.17, 15) is 9.59 Å². The Kier molecular flexibility index (Phi) is 5.53. The van der Waals surface area contributed by atoms with Gasteiger partial charge in [-0.05, 0) is 66.8 Å². The second kappa shape index (κ2) is 9.02. The molecule has 4 aromatic rings. The van der Waals surface area contributed by atoms with Crippen LogP contribution in [0.3, 0.4) is 0 Å². The van der Waals surface area contributed by atoms with Gasteiger partial charge in [0.2, 0.25) is 11.8 Å². The Morgan fingerprint density at radius 3 is 2.17 bits per heavy atom. The molecule has 0 spiro atoms. The van der Waals surface area contributed by atoms with Crippen molar-refractivity contribution >= 4 is 29.4 Å². The van der Waals surface area contributed by atoms with Crippen molar-refractivity contribution < 1.29 is 14.3 Å². The van der Waals surface area contributed by atoms with Crippen LogP contribution in [0, 0.1) is 25.7 Å². The first-order valence-corrected chi connectivity index (χ1v) is 13.9. The van der Waals surface area contributed by atoms with Crippen LogP contribution in [0.5, 0.6) is 5.75 Å². The van der Waals surface area contributed by atoms with Gasteiger partial charge >= 0.3 is 0 Å². The van der Waals surface area contributed by atoms with E-state index in [2.05, 4.69) is 50.2 Å². The standard InChI is InChI=1S/C35H30N2O3/c1-4-40-29-16-10-9-15-28(29)37-33(38)31-30-23-11-5-7-13-25(23)35(32(31)34(37)39,26-14-8-6-12-24(26)30)20-36-27-18-17-21(2)19-22(27)3/h5-20,30-32H,4H2,1-3H3/t30?,31-,32-,35?/m1/s1. The number of aliphatic imine (C=N–C) groups is 1. The summed E-state index contributed by atoms with van der Waals surface area (Å²) in [5.41, 5.74) is 6.99. The van der Waals surface area contributed by atoms with Crippen LogP contribution in [0.15, 0.2) is 96.0 Å². The van der Waals surface area contributed by atoms with Gasteiger partial charge in [0.15, 0.2) is 0 Å². The number of rotatable bonds is 5. The molecule has 198 valence electrons. The van der Waals surface area contributed by atoms with Crippen LogP contribution < -0.4 is 9.64 Å². The molecule has 40 heavy (non-hydrogen) atoms. The first kappa shape index (κ1) is 24.5. The van der Waals surface area contributed by atoms with Crippen molar-refractivity contribution in [3.8, 4) is 5.75 Å². The number of hydrogen-bond donors (Lipinski definition) is 0. The second-order valence-corrected chi connectivity index (χ2v) is 11.0. The van der Waals surface area contributed by atoms with Crippen molar-refractivity contribution in [3.05, 3.63) is 124 Å². The number of para-hydroxylation sites is 2. The number of hydrogen-bond acceptors (Lipinski definition) is 4. The van der Waals surface area contributed by atoms with Crippen LogP contribution >= 0.6 is 0 Å². The molecule has 2 atom stereocenters. The molecule has 2 amide bonds. The first-order valence-electron chi connectivity index (χ1n) is 13.9. The van der Waals surface area contributed by atoms with Gasteiger partial charge in [0, 0.05) is 12.1 Å². The number of aryl methyl sites for hydroxylation is 2. The summed E-state index contributed by atoms with van der Waals surface area (Å²) in [6.45, 7) is 6.45. The Labute approximate surface area is 234 Å². The maximum absolute atomic E-state index is 14.6. The smallest absolute Gasteiger partial charge is 0.239 e. The maximum atomic E-state index is 14.6. The van der Waals surface area contributed by atoms with Gasteiger partial charge in [-0.1, -0.05) is 78.4 Å². The Morgan fingerprint density at radius 2 is 1.50 bits per heavy atom. The molecule has 5 heteroatoms. The lowest BCUT2D eigenvalue weighted by atomic mass is 9.47. The molecule has 2 bridgehead atoms. The summed E-state index contributed by atoms with van der Waals surface area (Å²) in [7, 11) is 0. The fraction of sp³-hybridized carbons (Fsp3) is 0.229. The maximum Gasteiger partial charge on any atom is 0.239 e. The van der Waals surface area contributed by atoms with Gasteiger partial charge in [0.1, 0.15) is 5.75 Å². The SMILES string of the molecule is CCOc1ccccc1N1C(=O)[C@@H]2C3c4ccccc4C(C=Nc4ccc(C)cc4C)(c4ccccc43)[C@H]2C1=O. The molecule has 5 nitrogen and oxygen atoms in total. The fourth-order valence-corrected chi connectivity index (χ4v) is 7.33. The molecule has 0 aromatic heterocycles. The Morgan fingerprint density at radius 1 is 0.850 bits per heavy atom. The van der Waals surface area contributed by atoms with Crippen molar-refractivity contribution in [2.45, 2.75) is 32.1 Å². The monoisotopic (exact) mass is 526 g/mol. The molecule has 3 aliphatic carbocycles. The summed E-state index contributed by atoms with van der Waals surface area (Å²) in [5, 5.41) is 0. The van der Waals surface area contributed by atoms with E-state index in [1.807, 2.05) is 61.7 Å². The van der Waals surface area contributed by atoms with Gasteiger partial charge in [-0.15, -0.1) is 0 Å². The van der Waals surface area contributed by atoms with Crippen LogP contribution in [0.1, 0.15) is 46.2 Å². The normalized spacial score (nSPS) is 24.3. The molecule has 1 heterocycles. The Hall–Kier alpha value is -4.51. The molecular weight excluding hydrogens is 496 g/mol. The van der Waals surface area contributed by atoms with E-state index in [1.54, 1.807) is 6.07 Å². The van der Waals surface area contributed by atoms with Gasteiger partial charge in [0.25, 0.3) is 0 Å². The summed E-state index contributed by atoms with van der Waals surface area (Å²) < 4.78 is 5.87. The van der Waals surface area contributed by atoms with Gasteiger partial charge in [-0.25, -0.2) is 4.90 Å². The highest BCUT2D eigenvalue weighted by molar-refractivity contribution is 6.25. The van der Waals surface area contributed by atoms with Crippen LogP contribution in [-0.4, -0.2) is 24.6 Å². The Balaban J connectivity index is 1.49. The van der Waals surface area contributed by atoms with Crippen molar-refractivity contribution in [1.82, 2.24) is 0 Å². The molecule has 1 saturated heterocycles. The van der Waals surface area contributed by atoms with E-state index in [0.29, 0.717) is 18.0 Å². The summed E-state index contributed by atoms with van der Waals surface area (Å²) in [6, 6.07) is 30.0. The number of imide groups is 1. The number of ether oxygens (including phenoxy) is 1. The number of carbonyl (C=O) groups excluding carboxylic acids is 2. The van der Waals surface area contributed by atoms with Crippen LogP contribution in [-0.2, 0) is 15.0 Å². The Bertz CT molecular complexity index is 1670. The average molecular weight is 527 g/mol. The minimum Gasteiger partial charge on any atom is -0.492 e. The molecular formula is C35H30N2O3. The number of anilines is 1. The molecule has 0 unspecified atom stereocenters. The minimum atomic E-state index is -0.897. The number of carbonyl (C=O) groups is 2. The highest BCUT2D eigenvalue weighted by atomic mass is 16.5. The summed E-state index contributed by atoms with van der Waals surface area (Å²) >= 11 is 0. The first-order chi connectivity index (χ1) is 19.5. The van der Waals surface area contributed by atoms with E-state index in [-0.39, 0.29) is 17.7 Å². The van der Waals surface area contributed by atoms with Crippen molar-refractivity contribution in [1.29, 1.82) is 0 Å². The molecule has 4 aromatic carbocycles. The summed E-state index contributed by atoms with van der Waals surface area (Å²) in [4.78, 5) is 35.5. The summed E-state index contributed by atoms with van der Waals surface area (Å²) in [6.07, 6.45) is 1.96. The third-order valence-electron chi connectivity index (χ3n) is 8.85. The predicted molar refractivity (Wildman–Crippen MR) is 157 cm³/mol. The average Bonchev–Trinajstić information content (AvgIpc) is 3.24. The number of benzene rings is 4. The zero-order chi connectivity index (χ0) is 27.6. The van der Waals surface area contributed by atoms with E-state index in [1.165, 1.54) is 10.5 Å². The van der Waals surface area contributed by atoms with Crippen molar-refractivity contribution in [2.75, 3.05) is 11.5 Å². The van der Waals surface area contributed by atoms with Crippen LogP contribution in [0.2, 0.25) is 0 Å². The fourth-order valence-electron chi connectivity index (χ4n) is 7.33. The topological polar surface area (TPSA) is 59.0 Å². The highest BCUT2D eigenvalue weighted by Crippen LogP contribution is 2.64. The molecule has 0 N–H and O–H groups in total. The predicted octanol–water partition coefficient (Wildman–Crippen LogP) is 6.66. The van der Waals surface area contributed by atoms with Crippen molar-refractivity contribution in [2.24, 2.45) is 16.8 Å². The van der Waals surface area contributed by atoms with Crippen LogP contribution in [0.4, 0.5) is 11.4 Å². The van der Waals surface area contributed by atoms with Crippen molar-refractivity contribution in [3.63, 3.8) is 0 Å². The van der Waals surface area contributed by atoms with E-state index < -0.39 is 17.3 Å². The summed E-state index contributed by atoms with van der Waals surface area (Å²) in [5.74, 6) is -1.24. The van der Waals surface area contributed by atoms with E-state index in [4.69, 9.17) is 9.73 Å². The molecule has 8 rings (SSSR count). The molecule has 0 radical (unpaired) electrons. The lowest BCUT2D eigenvalue weighted by molar-refractivity contribution is -0.122. The zero-order valence-electron chi connectivity index (χ0n) is 22.8. The van der Waals surface area contributed by atoms with Gasteiger partial charge in [-0.2, -0.15) is 0 Å². The van der Waals surface area contributed by atoms with Gasteiger partial charge < -0.3 is 4.74 Å². The second-order valence-electron chi connectivity index (χ2n) is 11.0. The lowest BCUT2D eigenvalue weighted by Gasteiger charge is -2.52. The molecule has 4 aliphatic rings. The molecule has 1 aliphatic heterocycles. The van der Waals surface area contributed by atoms with E-state index >= 15 is 0 Å². The number of nitrogens with zero attached hydrogens (tertiary/aromatic N) is 2. The quantitative estimate of drug-likeness (QED) is 0.216. The molecule has 0 saturated carbocycles. The van der Waals surface area contributed by atoms with Gasteiger partial charge in [-0.3, -0.25) is 14.6 Å². The highest BCUT2D eigenvalue weighted by Gasteiger charge is 2.68. The third kappa shape index (κ3) is 3.24. The largest absolute Gasteiger partial charge is 0.492 e. The van der Waals surface area contributed by atoms with Gasteiger partial charge in [0.05, 0.1) is 35.2 Å². The zero-order valence-corrected chi connectivity index (χ0v) is 22.8. The molecule has 1 fully saturated rings. The van der Waals surface area contributed by atoms with E-state index in [0.717, 1.165) is 33.5 Å². The number of amides is 2.